The molecule has 34 heavy (non-hydrogen) atoms. The number of benzene rings is 2. The van der Waals surface area contributed by atoms with E-state index in [0.29, 0.717) is 37.6 Å². The summed E-state index contributed by atoms with van der Waals surface area (Å²) >= 11 is 0. The van der Waals surface area contributed by atoms with Gasteiger partial charge in [0.25, 0.3) is 5.69 Å². The molecule has 1 fully saturated rings. The van der Waals surface area contributed by atoms with Crippen LogP contribution in [0.3, 0.4) is 0 Å². The van der Waals surface area contributed by atoms with E-state index in [2.05, 4.69) is 32.4 Å². The number of anilines is 1. The predicted molar refractivity (Wildman–Crippen MR) is 131 cm³/mol. The first-order valence-corrected chi connectivity index (χ1v) is 10.4. The zero-order valence-electron chi connectivity index (χ0n) is 18.6. The first-order chi connectivity index (χ1) is 16.3. The van der Waals surface area contributed by atoms with Crippen molar-refractivity contribution in [2.45, 2.75) is 6.92 Å². The van der Waals surface area contributed by atoms with E-state index in [1.54, 1.807) is 36.4 Å². The molecule has 2 aromatic carbocycles. The number of hydrogen-bond donors (Lipinski definition) is 4. The van der Waals surface area contributed by atoms with Crippen molar-refractivity contribution in [3.63, 3.8) is 0 Å². The van der Waals surface area contributed by atoms with E-state index in [0.717, 1.165) is 5.56 Å². The largest absolute Gasteiger partial charge is 0.508 e. The Morgan fingerprint density at radius 1 is 1.26 bits per heavy atom. The molecule has 0 aliphatic carbocycles. The second-order valence-corrected chi connectivity index (χ2v) is 7.26. The number of morpholine rings is 1. The summed E-state index contributed by atoms with van der Waals surface area (Å²) in [4.78, 5) is 21.2. The zero-order valence-corrected chi connectivity index (χ0v) is 18.6. The maximum absolute atomic E-state index is 11.2. The quantitative estimate of drug-likeness (QED) is 0.218. The Bertz CT molecular complexity index is 1140. The highest BCUT2D eigenvalue weighted by Crippen LogP contribution is 2.22. The van der Waals surface area contributed by atoms with Gasteiger partial charge in [-0.25, -0.2) is 5.43 Å². The molecule has 0 amide bonds. The zero-order chi connectivity index (χ0) is 24.5. The summed E-state index contributed by atoms with van der Waals surface area (Å²) in [6.07, 6.45) is 1.30. The highest BCUT2D eigenvalue weighted by Gasteiger charge is 2.14. The first-order valence-electron chi connectivity index (χ1n) is 10.4. The lowest BCUT2D eigenvalue weighted by atomic mass is 10.2. The minimum atomic E-state index is -0.492. The van der Waals surface area contributed by atoms with Gasteiger partial charge in [-0.15, -0.1) is 0 Å². The van der Waals surface area contributed by atoms with E-state index in [1.807, 2.05) is 11.8 Å². The molecule has 0 saturated carbocycles. The van der Waals surface area contributed by atoms with Gasteiger partial charge in [-0.1, -0.05) is 24.8 Å². The summed E-state index contributed by atoms with van der Waals surface area (Å²) in [7, 11) is 0. The number of phenolic OH excluding ortho intramolecular Hbond substituents is 1. The van der Waals surface area contributed by atoms with Gasteiger partial charge in [-0.05, 0) is 24.6 Å². The van der Waals surface area contributed by atoms with Gasteiger partial charge in [-0.3, -0.25) is 10.1 Å². The number of nitrogens with zero attached hydrogens (tertiary/aromatic N) is 5. The number of guanidine groups is 2. The number of aliphatic imine (C=N–C) groups is 2. The Balaban J connectivity index is 1.83. The number of nitrogens with one attached hydrogen (secondary N) is 2. The molecular weight excluding hydrogens is 440 g/mol. The van der Waals surface area contributed by atoms with Gasteiger partial charge in [-0.2, -0.15) is 15.1 Å². The number of para-hydroxylation sites is 1. The molecule has 5 N–H and O–H groups in total. The number of nitrogens with two attached hydrogens (primary N) is 1. The fraction of sp³-hybridized carbons (Fsp3) is 0.227. The van der Waals surface area contributed by atoms with Gasteiger partial charge in [0.15, 0.2) is 5.96 Å². The SMILES string of the molecule is C=C(/N=C(\N=C(/N)N1CCOCC1)N/N=C/c1ccccc1[N+](=O)[O-])Nc1cc(O)ccc1C. The smallest absolute Gasteiger partial charge is 0.278 e. The van der Waals surface area contributed by atoms with Gasteiger partial charge in [0.2, 0.25) is 5.96 Å². The minimum Gasteiger partial charge on any atom is -0.508 e. The van der Waals surface area contributed by atoms with Crippen molar-refractivity contribution in [2.75, 3.05) is 31.6 Å². The van der Waals surface area contributed by atoms with Gasteiger partial charge in [0.05, 0.1) is 29.9 Å². The number of hydrogen-bond acceptors (Lipinski definition) is 7. The number of nitro groups is 1. The minimum absolute atomic E-state index is 0.00846. The number of hydrazone groups is 1. The van der Waals surface area contributed by atoms with E-state index in [9.17, 15) is 15.2 Å². The summed E-state index contributed by atoms with van der Waals surface area (Å²) in [5.41, 5.74) is 10.5. The van der Waals surface area contributed by atoms with E-state index in [4.69, 9.17) is 10.5 Å². The van der Waals surface area contributed by atoms with Crippen molar-refractivity contribution in [3.8, 4) is 5.75 Å². The first kappa shape index (κ1) is 24.2. The van der Waals surface area contributed by atoms with Crippen LogP contribution in [0.1, 0.15) is 11.1 Å². The molecule has 1 saturated heterocycles. The third-order valence-electron chi connectivity index (χ3n) is 4.80. The monoisotopic (exact) mass is 466 g/mol. The van der Waals surface area contributed by atoms with Crippen molar-refractivity contribution in [1.29, 1.82) is 0 Å². The molecule has 3 rings (SSSR count). The molecular formula is C22H26N8O4. The summed E-state index contributed by atoms with van der Waals surface area (Å²) in [5, 5.41) is 28.0. The normalized spacial score (nSPS) is 14.8. The number of phenols is 1. The van der Waals surface area contributed by atoms with Crippen LogP contribution in [0.2, 0.25) is 0 Å². The van der Waals surface area contributed by atoms with Crippen LogP contribution in [0, 0.1) is 17.0 Å². The van der Waals surface area contributed by atoms with Gasteiger partial charge in [0, 0.05) is 30.9 Å². The Labute approximate surface area is 196 Å². The fourth-order valence-corrected chi connectivity index (χ4v) is 3.03. The molecule has 0 radical (unpaired) electrons. The average molecular weight is 467 g/mol. The second kappa shape index (κ2) is 11.4. The molecule has 0 bridgehead atoms. The van der Waals surface area contributed by atoms with E-state index < -0.39 is 4.92 Å². The maximum atomic E-state index is 11.2. The Morgan fingerprint density at radius 3 is 2.74 bits per heavy atom. The highest BCUT2D eigenvalue weighted by atomic mass is 16.6. The number of nitro benzene ring substituents is 1. The lowest BCUT2D eigenvalue weighted by Crippen LogP contribution is -2.45. The fourth-order valence-electron chi connectivity index (χ4n) is 3.03. The third-order valence-corrected chi connectivity index (χ3v) is 4.80. The number of rotatable bonds is 6. The molecule has 1 aliphatic rings. The van der Waals surface area contributed by atoms with Gasteiger partial charge < -0.3 is 25.8 Å². The van der Waals surface area contributed by atoms with Gasteiger partial charge in [0.1, 0.15) is 11.6 Å². The molecule has 178 valence electrons. The van der Waals surface area contributed by atoms with Crippen molar-refractivity contribution >= 4 is 29.5 Å². The third kappa shape index (κ3) is 6.77. The number of aryl methyl sites for hydroxylation is 1. The molecule has 0 unspecified atom stereocenters. The van der Waals surface area contributed by atoms with Crippen LogP contribution in [0.25, 0.3) is 0 Å². The van der Waals surface area contributed by atoms with E-state index in [1.165, 1.54) is 12.3 Å². The molecule has 12 heteroatoms. The Morgan fingerprint density at radius 2 is 2.00 bits per heavy atom. The standard InChI is InChI=1S/C22H26N8O4/c1-15-7-8-18(31)13-19(15)25-16(2)26-22(27-21(23)29-9-11-34-12-10-29)28-24-14-17-5-3-4-6-20(17)30(32)33/h3-8,13-14,25,31H,2,9-12H2,1H3,(H3,23,26,27,28)/b24-14+. The Kier molecular flexibility index (Phi) is 8.13. The van der Waals surface area contributed by atoms with Gasteiger partial charge >= 0.3 is 0 Å². The van der Waals surface area contributed by atoms with Crippen molar-refractivity contribution in [2.24, 2.45) is 20.8 Å². The predicted octanol–water partition coefficient (Wildman–Crippen LogP) is 2.12. The molecule has 0 spiro atoms. The van der Waals surface area contributed by atoms with Crippen LogP contribution in [0.4, 0.5) is 11.4 Å². The van der Waals surface area contributed by atoms with Crippen LogP contribution in [0.5, 0.6) is 5.75 Å². The van der Waals surface area contributed by atoms with Crippen molar-refractivity contribution < 1.29 is 14.8 Å². The van der Waals surface area contributed by atoms with Crippen LogP contribution in [0.15, 0.2) is 70.0 Å². The highest BCUT2D eigenvalue weighted by molar-refractivity contribution is 5.95. The maximum Gasteiger partial charge on any atom is 0.278 e. The molecule has 2 aromatic rings. The summed E-state index contributed by atoms with van der Waals surface area (Å²) in [5.74, 6) is 0.508. The summed E-state index contributed by atoms with van der Waals surface area (Å²) < 4.78 is 5.33. The molecule has 0 atom stereocenters. The molecule has 0 aromatic heterocycles. The van der Waals surface area contributed by atoms with Crippen LogP contribution >= 0.6 is 0 Å². The van der Waals surface area contributed by atoms with E-state index in [-0.39, 0.29) is 29.2 Å². The lowest BCUT2D eigenvalue weighted by molar-refractivity contribution is -0.385. The summed E-state index contributed by atoms with van der Waals surface area (Å²) in [6.45, 7) is 7.94. The van der Waals surface area contributed by atoms with Crippen LogP contribution in [-0.4, -0.2) is 59.4 Å². The lowest BCUT2D eigenvalue weighted by Gasteiger charge is -2.27. The van der Waals surface area contributed by atoms with Crippen molar-refractivity contribution in [1.82, 2.24) is 10.3 Å². The van der Waals surface area contributed by atoms with Crippen molar-refractivity contribution in [3.05, 3.63) is 76.1 Å². The molecule has 1 aliphatic heterocycles. The number of ether oxygens (including phenoxy) is 1. The van der Waals surface area contributed by atoms with Crippen LogP contribution in [-0.2, 0) is 4.74 Å². The van der Waals surface area contributed by atoms with E-state index >= 15 is 0 Å². The summed E-state index contributed by atoms with van der Waals surface area (Å²) in [6, 6.07) is 11.1. The second-order valence-electron chi connectivity index (χ2n) is 7.26. The topological polar surface area (TPSA) is 163 Å². The van der Waals surface area contributed by atoms with Crippen LogP contribution < -0.4 is 16.5 Å². The Hall–Kier alpha value is -4.45. The molecule has 1 heterocycles. The average Bonchev–Trinajstić information content (AvgIpc) is 2.82. The number of aromatic hydroxyl groups is 1. The molecule has 12 nitrogen and oxygen atoms in total.